The Kier molecular flexibility index (Phi) is 6.81. The first kappa shape index (κ1) is 20.7. The smallest absolute Gasteiger partial charge is 0.255 e. The fraction of sp³-hybridized carbons (Fsp3) is 0.316. The molecule has 8 heteroatoms. The number of methoxy groups -OCH3 is 2. The third-order valence-corrected chi connectivity index (χ3v) is 6.17. The van der Waals surface area contributed by atoms with E-state index in [0.717, 1.165) is 0 Å². The van der Waals surface area contributed by atoms with Crippen LogP contribution >= 0.6 is 0 Å². The Bertz CT molecular complexity index is 891. The van der Waals surface area contributed by atoms with Gasteiger partial charge in [0.2, 0.25) is 10.0 Å². The van der Waals surface area contributed by atoms with Gasteiger partial charge in [0.25, 0.3) is 5.91 Å². The number of hydrogen-bond acceptors (Lipinski definition) is 5. The highest BCUT2D eigenvalue weighted by molar-refractivity contribution is 7.89. The molecule has 0 saturated carbocycles. The molecule has 0 aliphatic rings. The molecule has 2 aromatic rings. The third-order valence-electron chi connectivity index (χ3n) is 4.10. The van der Waals surface area contributed by atoms with E-state index in [9.17, 15) is 13.2 Å². The molecule has 0 radical (unpaired) electrons. The average molecular weight is 392 g/mol. The second-order valence-electron chi connectivity index (χ2n) is 5.64. The molecule has 2 aromatic carbocycles. The molecule has 0 aliphatic heterocycles. The molecular weight excluding hydrogens is 368 g/mol. The van der Waals surface area contributed by atoms with E-state index in [1.807, 2.05) is 0 Å². The van der Waals surface area contributed by atoms with Crippen LogP contribution in [0.1, 0.15) is 24.2 Å². The number of nitrogens with zero attached hydrogens (tertiary/aromatic N) is 1. The van der Waals surface area contributed by atoms with Crippen LogP contribution in [0.4, 0.5) is 5.69 Å². The summed E-state index contributed by atoms with van der Waals surface area (Å²) >= 11 is 0. The predicted molar refractivity (Wildman–Crippen MR) is 104 cm³/mol. The summed E-state index contributed by atoms with van der Waals surface area (Å²) in [6, 6.07) is 10.9. The molecule has 7 nitrogen and oxygen atoms in total. The zero-order chi connectivity index (χ0) is 20.0. The van der Waals surface area contributed by atoms with Crippen molar-refractivity contribution in [3.8, 4) is 11.5 Å². The van der Waals surface area contributed by atoms with E-state index >= 15 is 0 Å². The maximum Gasteiger partial charge on any atom is 0.255 e. The number of anilines is 1. The van der Waals surface area contributed by atoms with Gasteiger partial charge in [0.1, 0.15) is 0 Å². The first-order valence-electron chi connectivity index (χ1n) is 8.50. The molecule has 0 heterocycles. The van der Waals surface area contributed by atoms with Crippen molar-refractivity contribution in [1.82, 2.24) is 4.31 Å². The van der Waals surface area contributed by atoms with Gasteiger partial charge in [0, 0.05) is 24.3 Å². The van der Waals surface area contributed by atoms with Crippen molar-refractivity contribution in [2.45, 2.75) is 18.7 Å². The zero-order valence-electron chi connectivity index (χ0n) is 15.9. The zero-order valence-corrected chi connectivity index (χ0v) is 16.7. The Morgan fingerprint density at radius 3 is 2.07 bits per heavy atom. The van der Waals surface area contributed by atoms with Crippen LogP contribution in [0.5, 0.6) is 11.5 Å². The molecule has 0 atom stereocenters. The number of amides is 1. The summed E-state index contributed by atoms with van der Waals surface area (Å²) in [5.74, 6) is 0.640. The lowest BCUT2D eigenvalue weighted by Gasteiger charge is -2.18. The minimum atomic E-state index is -3.53. The van der Waals surface area contributed by atoms with E-state index in [0.29, 0.717) is 35.8 Å². The Morgan fingerprint density at radius 2 is 1.56 bits per heavy atom. The summed E-state index contributed by atoms with van der Waals surface area (Å²) in [5, 5.41) is 2.74. The van der Waals surface area contributed by atoms with Gasteiger partial charge in [-0.2, -0.15) is 4.31 Å². The van der Waals surface area contributed by atoms with Crippen molar-refractivity contribution in [3.63, 3.8) is 0 Å². The number of benzene rings is 2. The molecule has 0 bridgehead atoms. The maximum absolute atomic E-state index is 12.5. The highest BCUT2D eigenvalue weighted by Gasteiger charge is 2.21. The molecule has 1 amide bonds. The molecular formula is C19H24N2O5S. The predicted octanol–water partition coefficient (Wildman–Crippen LogP) is 2.99. The second-order valence-corrected chi connectivity index (χ2v) is 7.58. The van der Waals surface area contributed by atoms with Crippen molar-refractivity contribution in [3.05, 3.63) is 48.0 Å². The normalized spacial score (nSPS) is 11.3. The molecule has 0 fully saturated rings. The second kappa shape index (κ2) is 8.88. The van der Waals surface area contributed by atoms with Crippen LogP contribution in [0.25, 0.3) is 0 Å². The summed E-state index contributed by atoms with van der Waals surface area (Å²) < 4.78 is 36.7. The number of carbonyl (C=O) groups is 1. The van der Waals surface area contributed by atoms with Gasteiger partial charge in [0.15, 0.2) is 11.5 Å². The molecule has 0 unspecified atom stereocenters. The first-order valence-corrected chi connectivity index (χ1v) is 9.95. The van der Waals surface area contributed by atoms with Gasteiger partial charge in [-0.15, -0.1) is 0 Å². The minimum Gasteiger partial charge on any atom is -0.493 e. The standard InChI is InChI=1S/C19H24N2O5S/c1-5-21(6-2)27(23,24)16-10-8-15(9-11-16)20-19(22)14-7-12-17(25-3)18(13-14)26-4/h7-13H,5-6H2,1-4H3,(H,20,22). The van der Waals surface area contributed by atoms with Crippen LogP contribution in [0.2, 0.25) is 0 Å². The van der Waals surface area contributed by atoms with E-state index in [2.05, 4.69) is 5.32 Å². The SMILES string of the molecule is CCN(CC)S(=O)(=O)c1ccc(NC(=O)c2ccc(OC)c(OC)c2)cc1. The number of rotatable bonds is 8. The van der Waals surface area contributed by atoms with Gasteiger partial charge in [-0.05, 0) is 42.5 Å². The van der Waals surface area contributed by atoms with Crippen molar-refractivity contribution in [2.24, 2.45) is 0 Å². The van der Waals surface area contributed by atoms with E-state index < -0.39 is 10.0 Å². The van der Waals surface area contributed by atoms with Gasteiger partial charge >= 0.3 is 0 Å². The number of hydrogen-bond donors (Lipinski definition) is 1. The molecule has 0 aromatic heterocycles. The molecule has 27 heavy (non-hydrogen) atoms. The lowest BCUT2D eigenvalue weighted by molar-refractivity contribution is 0.102. The Labute approximate surface area is 160 Å². The molecule has 2 rings (SSSR count). The summed E-state index contributed by atoms with van der Waals surface area (Å²) in [4.78, 5) is 12.6. The third kappa shape index (κ3) is 4.58. The van der Waals surface area contributed by atoms with Gasteiger partial charge in [-0.25, -0.2) is 8.42 Å². The summed E-state index contributed by atoms with van der Waals surface area (Å²) in [5.41, 5.74) is 0.890. The molecule has 0 aliphatic carbocycles. The number of nitrogens with one attached hydrogen (secondary N) is 1. The quantitative estimate of drug-likeness (QED) is 0.746. The number of sulfonamides is 1. The van der Waals surface area contributed by atoms with Gasteiger partial charge in [-0.1, -0.05) is 13.8 Å². The van der Waals surface area contributed by atoms with Crippen molar-refractivity contribution in [1.29, 1.82) is 0 Å². The van der Waals surface area contributed by atoms with Crippen LogP contribution in [0.3, 0.4) is 0 Å². The van der Waals surface area contributed by atoms with Crippen LogP contribution in [-0.2, 0) is 10.0 Å². The van der Waals surface area contributed by atoms with E-state index in [4.69, 9.17) is 9.47 Å². The molecule has 146 valence electrons. The van der Waals surface area contributed by atoms with Gasteiger partial charge in [0.05, 0.1) is 19.1 Å². The highest BCUT2D eigenvalue weighted by Crippen LogP contribution is 2.28. The largest absolute Gasteiger partial charge is 0.493 e. The fourth-order valence-corrected chi connectivity index (χ4v) is 4.06. The first-order chi connectivity index (χ1) is 12.9. The Balaban J connectivity index is 2.18. The highest BCUT2D eigenvalue weighted by atomic mass is 32.2. The summed E-state index contributed by atoms with van der Waals surface area (Å²) in [6.45, 7) is 4.38. The minimum absolute atomic E-state index is 0.190. The molecule has 0 spiro atoms. The van der Waals surface area contributed by atoms with Crippen molar-refractivity contribution >= 4 is 21.6 Å². The number of carbonyl (C=O) groups excluding carboxylic acids is 1. The lowest BCUT2D eigenvalue weighted by atomic mass is 10.2. The van der Waals surface area contributed by atoms with Gasteiger partial charge in [-0.3, -0.25) is 4.79 Å². The van der Waals surface area contributed by atoms with Crippen LogP contribution < -0.4 is 14.8 Å². The topological polar surface area (TPSA) is 84.9 Å². The molecule has 1 N–H and O–H groups in total. The van der Waals surface area contributed by atoms with Crippen molar-refractivity contribution < 1.29 is 22.7 Å². The Hall–Kier alpha value is -2.58. The Morgan fingerprint density at radius 1 is 0.963 bits per heavy atom. The van der Waals surface area contributed by atoms with Gasteiger partial charge < -0.3 is 14.8 Å². The lowest BCUT2D eigenvalue weighted by Crippen LogP contribution is -2.30. The van der Waals surface area contributed by atoms with Crippen molar-refractivity contribution in [2.75, 3.05) is 32.6 Å². The summed E-state index contributed by atoms with van der Waals surface area (Å²) in [6.07, 6.45) is 0. The van der Waals surface area contributed by atoms with E-state index in [1.165, 1.54) is 30.7 Å². The van der Waals surface area contributed by atoms with E-state index in [1.54, 1.807) is 44.2 Å². The summed E-state index contributed by atoms with van der Waals surface area (Å²) in [7, 11) is -0.511. The molecule has 0 saturated heterocycles. The maximum atomic E-state index is 12.5. The fourth-order valence-electron chi connectivity index (χ4n) is 2.60. The van der Waals surface area contributed by atoms with Crippen LogP contribution in [0.15, 0.2) is 47.4 Å². The van der Waals surface area contributed by atoms with E-state index in [-0.39, 0.29) is 10.8 Å². The van der Waals surface area contributed by atoms with Crippen LogP contribution in [-0.4, -0.2) is 45.9 Å². The monoisotopic (exact) mass is 392 g/mol. The number of ether oxygens (including phenoxy) is 2. The average Bonchev–Trinajstić information content (AvgIpc) is 2.68. The van der Waals surface area contributed by atoms with Crippen LogP contribution in [0, 0.1) is 0 Å².